The molecule has 316 valence electrons. The van der Waals surface area contributed by atoms with Crippen LogP contribution in [-0.4, -0.2) is 4.57 Å². The van der Waals surface area contributed by atoms with Gasteiger partial charge in [0.25, 0.3) is 0 Å². The molecule has 0 spiro atoms. The Bertz CT molecular complexity index is 4130. The molecule has 0 bridgehead atoms. The lowest BCUT2D eigenvalue weighted by molar-refractivity contribution is 0.660. The van der Waals surface area contributed by atoms with Crippen molar-refractivity contribution in [3.8, 4) is 39.1 Å². The van der Waals surface area contributed by atoms with E-state index in [2.05, 4.69) is 242 Å². The maximum absolute atomic E-state index is 6.74. The summed E-state index contributed by atoms with van der Waals surface area (Å²) in [6.45, 7) is 4.73. The molecule has 3 aromatic heterocycles. The summed E-state index contributed by atoms with van der Waals surface area (Å²) in [6, 6.07) is 80.1. The SMILES string of the molecule is CC1(C)c2ccccc2-c2cc3c4cc(-c5cccc(N(c6ccc(-c7ccccc7)cc6)c6cccc7c6sc6ccccc67)c5)ccc4n(-c4cccc5c4oc4ccccc45)c3cc21. The maximum atomic E-state index is 6.74. The third kappa shape index (κ3) is 5.70. The number of thiophene rings is 1. The predicted octanol–water partition coefficient (Wildman–Crippen LogP) is 18.2. The van der Waals surface area contributed by atoms with Crippen molar-refractivity contribution in [2.45, 2.75) is 19.3 Å². The van der Waals surface area contributed by atoms with Gasteiger partial charge in [0, 0.05) is 53.8 Å². The zero-order valence-corrected chi connectivity index (χ0v) is 37.8. The van der Waals surface area contributed by atoms with E-state index in [0.29, 0.717) is 0 Å². The summed E-state index contributed by atoms with van der Waals surface area (Å²) in [6.07, 6.45) is 0. The van der Waals surface area contributed by atoms with Crippen molar-refractivity contribution in [1.82, 2.24) is 4.57 Å². The van der Waals surface area contributed by atoms with Crippen LogP contribution in [0.4, 0.5) is 17.1 Å². The molecule has 0 saturated carbocycles. The van der Waals surface area contributed by atoms with E-state index >= 15 is 0 Å². The molecule has 4 heteroatoms. The number of hydrogen-bond donors (Lipinski definition) is 0. The van der Waals surface area contributed by atoms with Gasteiger partial charge in [0.1, 0.15) is 5.58 Å². The van der Waals surface area contributed by atoms with Crippen molar-refractivity contribution in [3.05, 3.63) is 230 Å². The summed E-state index contributed by atoms with van der Waals surface area (Å²) in [7, 11) is 0. The summed E-state index contributed by atoms with van der Waals surface area (Å²) in [4.78, 5) is 2.44. The van der Waals surface area contributed by atoms with E-state index in [4.69, 9.17) is 4.42 Å². The lowest BCUT2D eigenvalue weighted by atomic mass is 9.82. The Hall–Kier alpha value is -8.18. The van der Waals surface area contributed by atoms with Crippen LogP contribution in [0, 0.1) is 0 Å². The highest BCUT2D eigenvalue weighted by Gasteiger charge is 2.36. The third-order valence-corrected chi connectivity index (χ3v) is 15.6. The van der Waals surface area contributed by atoms with Crippen molar-refractivity contribution < 1.29 is 4.42 Å². The lowest BCUT2D eigenvalue weighted by Gasteiger charge is -2.27. The molecule has 3 nitrogen and oxygen atoms in total. The number of rotatable bonds is 6. The van der Waals surface area contributed by atoms with Gasteiger partial charge < -0.3 is 13.9 Å². The number of furan rings is 1. The number of hydrogen-bond acceptors (Lipinski definition) is 3. The van der Waals surface area contributed by atoms with Crippen LogP contribution in [-0.2, 0) is 5.41 Å². The summed E-state index contributed by atoms with van der Waals surface area (Å²) in [5.74, 6) is 0. The molecule has 0 fully saturated rings. The van der Waals surface area contributed by atoms with Gasteiger partial charge in [-0.1, -0.05) is 159 Å². The molecule has 0 saturated heterocycles. The number of aromatic nitrogens is 1. The highest BCUT2D eigenvalue weighted by atomic mass is 32.1. The van der Waals surface area contributed by atoms with Gasteiger partial charge in [-0.25, -0.2) is 0 Å². The number of fused-ring (bicyclic) bond motifs is 12. The Morgan fingerprint density at radius 2 is 1.10 bits per heavy atom. The minimum absolute atomic E-state index is 0.147. The van der Waals surface area contributed by atoms with Crippen molar-refractivity contribution in [2.75, 3.05) is 4.90 Å². The van der Waals surface area contributed by atoms with Gasteiger partial charge in [-0.15, -0.1) is 11.3 Å². The van der Waals surface area contributed by atoms with E-state index < -0.39 is 0 Å². The molecule has 13 aromatic rings. The average Bonchev–Trinajstić information content (AvgIpc) is 4.11. The van der Waals surface area contributed by atoms with Gasteiger partial charge in [-0.3, -0.25) is 0 Å². The van der Waals surface area contributed by atoms with Crippen molar-refractivity contribution in [1.29, 1.82) is 0 Å². The van der Waals surface area contributed by atoms with Crippen LogP contribution in [0.3, 0.4) is 0 Å². The highest BCUT2D eigenvalue weighted by molar-refractivity contribution is 7.26. The fraction of sp³-hybridized carbons (Fsp3) is 0.0476. The first-order valence-corrected chi connectivity index (χ1v) is 23.9. The van der Waals surface area contributed by atoms with Crippen LogP contribution >= 0.6 is 11.3 Å². The first-order valence-electron chi connectivity index (χ1n) is 23.1. The quantitative estimate of drug-likeness (QED) is 0.166. The monoisotopic (exact) mass is 874 g/mol. The Kier molecular flexibility index (Phi) is 8.20. The molecule has 0 N–H and O–H groups in total. The zero-order valence-electron chi connectivity index (χ0n) is 37.0. The molecule has 0 aliphatic heterocycles. The third-order valence-electron chi connectivity index (χ3n) is 14.4. The van der Waals surface area contributed by atoms with E-state index in [9.17, 15) is 0 Å². The Balaban J connectivity index is 0.978. The summed E-state index contributed by atoms with van der Waals surface area (Å²) in [5.41, 5.74) is 18.5. The lowest BCUT2D eigenvalue weighted by Crippen LogP contribution is -2.14. The van der Waals surface area contributed by atoms with Gasteiger partial charge in [-0.05, 0) is 117 Å². The minimum atomic E-state index is -0.147. The van der Waals surface area contributed by atoms with E-state index in [1.54, 1.807) is 0 Å². The van der Waals surface area contributed by atoms with Crippen LogP contribution in [0.15, 0.2) is 223 Å². The molecular formula is C63H42N2OS. The average molecular weight is 875 g/mol. The molecule has 14 rings (SSSR count). The standard InChI is InChI=1S/C63H42N2OS/c1-63(2)53-24-9-6-19-45(53)50-37-52-51-36-42(31-34-55(51)65(58(52)38-54(50)63)56-25-13-22-48-46-20-7-10-27-59(46)66-61(48)56)41-17-12-18-44(35-41)64(43-32-29-40(30-33-43)39-15-4-3-5-16-39)57-26-14-23-49-47-21-8-11-28-60(47)67-62(49)57/h3-38H,1-2H3. The predicted molar refractivity (Wildman–Crippen MR) is 284 cm³/mol. The molecule has 10 aromatic carbocycles. The molecule has 3 heterocycles. The normalized spacial score (nSPS) is 13.0. The van der Waals surface area contributed by atoms with Crippen LogP contribution in [0.25, 0.3) is 103 Å². The van der Waals surface area contributed by atoms with Crippen molar-refractivity contribution in [2.24, 2.45) is 0 Å². The molecule has 1 aliphatic rings. The Morgan fingerprint density at radius 3 is 2.00 bits per heavy atom. The molecule has 0 radical (unpaired) electrons. The van der Waals surface area contributed by atoms with E-state index in [1.165, 1.54) is 75.5 Å². The second kappa shape index (κ2) is 14.4. The van der Waals surface area contributed by atoms with E-state index in [-0.39, 0.29) is 5.41 Å². The summed E-state index contributed by atoms with van der Waals surface area (Å²) in [5, 5.41) is 7.25. The minimum Gasteiger partial charge on any atom is -0.454 e. The van der Waals surface area contributed by atoms with Crippen LogP contribution in [0.2, 0.25) is 0 Å². The fourth-order valence-electron chi connectivity index (χ4n) is 11.2. The van der Waals surface area contributed by atoms with Crippen LogP contribution in [0.1, 0.15) is 25.0 Å². The Morgan fingerprint density at radius 1 is 0.433 bits per heavy atom. The van der Waals surface area contributed by atoms with Crippen molar-refractivity contribution >= 4 is 92.3 Å². The number of para-hydroxylation sites is 2. The molecule has 0 amide bonds. The zero-order chi connectivity index (χ0) is 44.4. The van der Waals surface area contributed by atoms with Crippen LogP contribution in [0.5, 0.6) is 0 Å². The first kappa shape index (κ1) is 38.1. The van der Waals surface area contributed by atoms with Gasteiger partial charge in [0.2, 0.25) is 0 Å². The second-order valence-electron chi connectivity index (χ2n) is 18.5. The number of benzene rings is 10. The van der Waals surface area contributed by atoms with Gasteiger partial charge in [0.15, 0.2) is 5.58 Å². The van der Waals surface area contributed by atoms with Crippen molar-refractivity contribution in [3.63, 3.8) is 0 Å². The fourth-order valence-corrected chi connectivity index (χ4v) is 12.4. The molecule has 0 atom stereocenters. The summed E-state index contributed by atoms with van der Waals surface area (Å²) >= 11 is 1.86. The first-order chi connectivity index (χ1) is 33.0. The van der Waals surface area contributed by atoms with Gasteiger partial charge in [-0.2, -0.15) is 0 Å². The van der Waals surface area contributed by atoms with Gasteiger partial charge in [0.05, 0.1) is 27.1 Å². The number of anilines is 3. The van der Waals surface area contributed by atoms with E-state index in [1.807, 2.05) is 11.3 Å². The second-order valence-corrected chi connectivity index (χ2v) is 19.5. The van der Waals surface area contributed by atoms with E-state index in [0.717, 1.165) is 55.6 Å². The Labute approximate surface area is 392 Å². The summed E-state index contributed by atoms with van der Waals surface area (Å²) < 4.78 is 11.7. The largest absolute Gasteiger partial charge is 0.454 e. The molecular weight excluding hydrogens is 833 g/mol. The van der Waals surface area contributed by atoms with Crippen LogP contribution < -0.4 is 4.90 Å². The molecule has 1 aliphatic carbocycles. The topological polar surface area (TPSA) is 21.3 Å². The highest BCUT2D eigenvalue weighted by Crippen LogP contribution is 2.52. The smallest absolute Gasteiger partial charge is 0.159 e. The maximum Gasteiger partial charge on any atom is 0.159 e. The molecule has 0 unspecified atom stereocenters. The van der Waals surface area contributed by atoms with Gasteiger partial charge >= 0.3 is 0 Å². The number of nitrogens with zero attached hydrogens (tertiary/aromatic N) is 2. The molecule has 67 heavy (non-hydrogen) atoms.